The molecule has 1 aromatic rings. The van der Waals surface area contributed by atoms with Crippen LogP contribution in [-0.4, -0.2) is 23.2 Å². The van der Waals surface area contributed by atoms with Gasteiger partial charge in [0.15, 0.2) is 0 Å². The average molecular weight is 297 g/mol. The Kier molecular flexibility index (Phi) is 3.10. The molecule has 2 aliphatic rings. The first-order valence-corrected chi connectivity index (χ1v) is 7.78. The molecule has 0 N–H and O–H groups in total. The Morgan fingerprint density at radius 2 is 1.75 bits per heavy atom. The van der Waals surface area contributed by atoms with Gasteiger partial charge in [0, 0.05) is 23.1 Å². The Bertz CT molecular complexity index is 410. The fourth-order valence-electron chi connectivity index (χ4n) is 2.10. The summed E-state index contributed by atoms with van der Waals surface area (Å²) < 4.78 is 8.37. The number of hydrogen-bond donors (Lipinski definition) is 0. The van der Waals surface area contributed by atoms with E-state index >= 15 is 0 Å². The van der Waals surface area contributed by atoms with E-state index in [4.69, 9.17) is 0 Å². The zero-order valence-corrected chi connectivity index (χ0v) is 11.5. The summed E-state index contributed by atoms with van der Waals surface area (Å²) in [5.41, 5.74) is 2.64. The minimum atomic E-state index is -0.258. The van der Waals surface area contributed by atoms with Gasteiger partial charge in [0.05, 0.1) is 0 Å². The standard InChI is InChI=1S/C12H14BrN2P/c13-11-6-4-10(5-7-11)12-14-16(12)15-8-2-1-3-9-15/h4-7H,1-3,8-9H2. The number of piperidine rings is 1. The number of benzene rings is 1. The molecular formula is C12H14BrN2P. The van der Waals surface area contributed by atoms with Crippen molar-refractivity contribution < 1.29 is 0 Å². The Labute approximate surface area is 106 Å². The highest BCUT2D eigenvalue weighted by Gasteiger charge is 2.35. The predicted molar refractivity (Wildman–Crippen MR) is 73.0 cm³/mol. The van der Waals surface area contributed by atoms with Crippen molar-refractivity contribution in [3.63, 3.8) is 0 Å². The topological polar surface area (TPSA) is 15.6 Å². The predicted octanol–water partition coefficient (Wildman–Crippen LogP) is 4.01. The largest absolute Gasteiger partial charge is 0.259 e. The van der Waals surface area contributed by atoms with Crippen molar-refractivity contribution in [1.82, 2.24) is 4.67 Å². The van der Waals surface area contributed by atoms with Gasteiger partial charge in [-0.2, -0.15) is 0 Å². The van der Waals surface area contributed by atoms with Crippen LogP contribution in [0.5, 0.6) is 0 Å². The van der Waals surface area contributed by atoms with Crippen LogP contribution in [0.25, 0.3) is 0 Å². The van der Waals surface area contributed by atoms with Gasteiger partial charge in [-0.25, -0.2) is 4.76 Å². The molecule has 2 aliphatic heterocycles. The molecule has 0 amide bonds. The fourth-order valence-corrected chi connectivity index (χ4v) is 4.17. The van der Waals surface area contributed by atoms with Gasteiger partial charge in [0.1, 0.15) is 13.7 Å². The summed E-state index contributed by atoms with van der Waals surface area (Å²) >= 11 is 3.46. The van der Waals surface area contributed by atoms with E-state index in [0.717, 1.165) is 4.47 Å². The lowest BCUT2D eigenvalue weighted by atomic mass is 10.2. The lowest BCUT2D eigenvalue weighted by Gasteiger charge is -2.24. The van der Waals surface area contributed by atoms with Gasteiger partial charge in [-0.15, -0.1) is 0 Å². The molecule has 0 spiro atoms. The summed E-state index contributed by atoms with van der Waals surface area (Å²) in [5.74, 6) is 0. The normalized spacial score (nSPS) is 25.3. The molecule has 2 heterocycles. The van der Waals surface area contributed by atoms with Gasteiger partial charge in [0.2, 0.25) is 0 Å². The fraction of sp³-hybridized carbons (Fsp3) is 0.417. The molecule has 3 rings (SSSR count). The number of nitrogens with zero attached hydrogens (tertiary/aromatic N) is 2. The van der Waals surface area contributed by atoms with E-state index in [0.29, 0.717) is 0 Å². The van der Waals surface area contributed by atoms with E-state index in [9.17, 15) is 0 Å². The lowest BCUT2D eigenvalue weighted by Crippen LogP contribution is -2.23. The molecular weight excluding hydrogens is 283 g/mol. The highest BCUT2D eigenvalue weighted by molar-refractivity contribution is 9.10. The van der Waals surface area contributed by atoms with E-state index in [1.165, 1.54) is 43.4 Å². The molecule has 1 unspecified atom stereocenters. The Morgan fingerprint density at radius 3 is 2.44 bits per heavy atom. The van der Waals surface area contributed by atoms with Crippen molar-refractivity contribution in [1.29, 1.82) is 0 Å². The molecule has 0 radical (unpaired) electrons. The monoisotopic (exact) mass is 296 g/mol. The molecule has 4 heteroatoms. The van der Waals surface area contributed by atoms with Crippen LogP contribution in [-0.2, 0) is 0 Å². The van der Waals surface area contributed by atoms with Gasteiger partial charge in [0.25, 0.3) is 0 Å². The molecule has 0 bridgehead atoms. The molecule has 0 aliphatic carbocycles. The second-order valence-electron chi connectivity index (χ2n) is 4.23. The van der Waals surface area contributed by atoms with E-state index < -0.39 is 0 Å². The highest BCUT2D eigenvalue weighted by atomic mass is 79.9. The first kappa shape index (κ1) is 10.9. The van der Waals surface area contributed by atoms with Gasteiger partial charge in [-0.1, -0.05) is 34.5 Å². The maximum absolute atomic E-state index is 4.67. The Hall–Kier alpha value is -0.240. The van der Waals surface area contributed by atoms with Crippen molar-refractivity contribution in [2.45, 2.75) is 19.3 Å². The third-order valence-corrected chi connectivity index (χ3v) is 5.44. The van der Waals surface area contributed by atoms with Crippen LogP contribution in [0.1, 0.15) is 24.8 Å². The maximum atomic E-state index is 4.67. The molecule has 0 aromatic heterocycles. The van der Waals surface area contributed by atoms with Crippen molar-refractivity contribution in [3.05, 3.63) is 34.3 Å². The molecule has 84 valence electrons. The quantitative estimate of drug-likeness (QED) is 0.753. The number of halogens is 1. The molecule has 1 aromatic carbocycles. The van der Waals surface area contributed by atoms with E-state index in [2.05, 4.69) is 49.6 Å². The maximum Gasteiger partial charge on any atom is 0.142 e. The number of rotatable bonds is 2. The van der Waals surface area contributed by atoms with Gasteiger partial charge in [-0.3, -0.25) is 4.67 Å². The first-order valence-electron chi connectivity index (χ1n) is 5.74. The zero-order chi connectivity index (χ0) is 11.0. The third kappa shape index (κ3) is 2.22. The van der Waals surface area contributed by atoms with Crippen LogP contribution in [0.15, 0.2) is 33.5 Å². The van der Waals surface area contributed by atoms with Crippen molar-refractivity contribution in [2.75, 3.05) is 13.1 Å². The Balaban J connectivity index is 1.66. The zero-order valence-electron chi connectivity index (χ0n) is 9.06. The van der Waals surface area contributed by atoms with Crippen molar-refractivity contribution >= 4 is 29.6 Å². The summed E-state index contributed by atoms with van der Waals surface area (Å²) in [4.78, 5) is 0. The SMILES string of the molecule is Brc1ccc(C2=NP2N2CCCCC2)cc1. The van der Waals surface area contributed by atoms with Crippen LogP contribution in [0.2, 0.25) is 0 Å². The highest BCUT2D eigenvalue weighted by Crippen LogP contribution is 2.59. The smallest absolute Gasteiger partial charge is 0.142 e. The average Bonchev–Trinajstić information content (AvgIpc) is 3.11. The summed E-state index contributed by atoms with van der Waals surface area (Å²) in [6.07, 6.45) is 4.09. The first-order chi connectivity index (χ1) is 7.84. The summed E-state index contributed by atoms with van der Waals surface area (Å²) in [7, 11) is -0.258. The van der Waals surface area contributed by atoms with E-state index in [1.807, 2.05) is 0 Å². The van der Waals surface area contributed by atoms with Crippen LogP contribution in [0, 0.1) is 0 Å². The third-order valence-electron chi connectivity index (χ3n) is 3.04. The molecule has 1 saturated heterocycles. The van der Waals surface area contributed by atoms with E-state index in [-0.39, 0.29) is 8.22 Å². The molecule has 2 nitrogen and oxygen atoms in total. The van der Waals surface area contributed by atoms with E-state index in [1.54, 1.807) is 0 Å². The molecule has 1 fully saturated rings. The molecule has 1 atom stereocenters. The summed E-state index contributed by atoms with van der Waals surface area (Å²) in [5, 5.41) is 0. The summed E-state index contributed by atoms with van der Waals surface area (Å²) in [6.45, 7) is 2.49. The minimum absolute atomic E-state index is 0.258. The number of hydrogen-bond acceptors (Lipinski definition) is 2. The summed E-state index contributed by atoms with van der Waals surface area (Å²) in [6, 6.07) is 8.52. The van der Waals surface area contributed by atoms with Crippen LogP contribution >= 0.6 is 24.2 Å². The minimum Gasteiger partial charge on any atom is -0.259 e. The lowest BCUT2D eigenvalue weighted by molar-refractivity contribution is 0.374. The van der Waals surface area contributed by atoms with Gasteiger partial charge >= 0.3 is 0 Å². The molecule has 0 saturated carbocycles. The van der Waals surface area contributed by atoms with Crippen molar-refractivity contribution in [2.24, 2.45) is 4.76 Å². The van der Waals surface area contributed by atoms with Gasteiger partial charge in [-0.05, 0) is 25.0 Å². The van der Waals surface area contributed by atoms with Crippen molar-refractivity contribution in [3.8, 4) is 0 Å². The Morgan fingerprint density at radius 1 is 1.06 bits per heavy atom. The van der Waals surface area contributed by atoms with Crippen LogP contribution in [0.4, 0.5) is 0 Å². The van der Waals surface area contributed by atoms with Crippen LogP contribution in [0.3, 0.4) is 0 Å². The van der Waals surface area contributed by atoms with Crippen LogP contribution < -0.4 is 0 Å². The molecule has 16 heavy (non-hydrogen) atoms. The van der Waals surface area contributed by atoms with Gasteiger partial charge < -0.3 is 0 Å². The second-order valence-corrected chi connectivity index (χ2v) is 6.92. The second kappa shape index (κ2) is 4.56.